The lowest BCUT2D eigenvalue weighted by Gasteiger charge is -2.21. The van der Waals surface area contributed by atoms with Crippen LogP contribution in [-0.4, -0.2) is 19.1 Å². The van der Waals surface area contributed by atoms with Crippen molar-refractivity contribution >= 4 is 34.5 Å². The van der Waals surface area contributed by atoms with Gasteiger partial charge in [0.25, 0.3) is 0 Å². The maximum Gasteiger partial charge on any atom is 0.225 e. The van der Waals surface area contributed by atoms with Crippen molar-refractivity contribution in [2.45, 2.75) is 111 Å². The van der Waals surface area contributed by atoms with Gasteiger partial charge in [-0.1, -0.05) is 119 Å². The van der Waals surface area contributed by atoms with Crippen LogP contribution in [0.1, 0.15) is 107 Å². The molecule has 3 rings (SSSR count). The van der Waals surface area contributed by atoms with Crippen molar-refractivity contribution < 1.29 is 31.1 Å². The lowest BCUT2D eigenvalue weighted by molar-refractivity contribution is -0.683. The Labute approximate surface area is 274 Å². The van der Waals surface area contributed by atoms with Gasteiger partial charge in [-0.15, -0.1) is 0 Å². The van der Waals surface area contributed by atoms with Crippen LogP contribution in [0.5, 0.6) is 5.75 Å². The summed E-state index contributed by atoms with van der Waals surface area (Å²) in [5.41, 5.74) is 5.36. The summed E-state index contributed by atoms with van der Waals surface area (Å²) in [4.78, 5) is 15.6. The lowest BCUT2D eigenvalue weighted by Crippen LogP contribution is -3.00. The standard InChI is InChI=1S/C35H50ClN2O2S.BrH/c1-4-5-6-7-8-9-10-11-12-13-14-15-24-40-35-21-18-31(25-34(35)36)22-23-38(30(3)39)33-19-16-32(17-20-33)27-37-26-29(2)41-28-37;/h16-21,25-26,28H,4-15,22-24,27H2,1-3H3;1H/q+1;/p-1. The van der Waals surface area contributed by atoms with Crippen LogP contribution in [0.2, 0.25) is 5.02 Å². The Bertz CT molecular complexity index is 1170. The highest BCUT2D eigenvalue weighted by Gasteiger charge is 2.13. The van der Waals surface area contributed by atoms with Gasteiger partial charge in [0.15, 0.2) is 12.7 Å². The molecule has 0 saturated heterocycles. The molecule has 7 heteroatoms. The van der Waals surface area contributed by atoms with Gasteiger partial charge in [-0.3, -0.25) is 4.79 Å². The molecule has 4 nitrogen and oxygen atoms in total. The van der Waals surface area contributed by atoms with Crippen LogP contribution in [0.4, 0.5) is 5.69 Å². The zero-order valence-electron chi connectivity index (χ0n) is 25.9. The number of carbonyl (C=O) groups is 1. The number of ether oxygens (including phenoxy) is 1. The molecule has 0 radical (unpaired) electrons. The van der Waals surface area contributed by atoms with Crippen LogP contribution in [0.3, 0.4) is 0 Å². The second-order valence-electron chi connectivity index (χ2n) is 11.2. The zero-order valence-corrected chi connectivity index (χ0v) is 29.0. The van der Waals surface area contributed by atoms with Crippen LogP contribution >= 0.6 is 22.9 Å². The largest absolute Gasteiger partial charge is 1.00 e. The first kappa shape index (κ1) is 36.3. The number of benzene rings is 2. The molecule has 0 bridgehead atoms. The third-order valence-corrected chi connectivity index (χ3v) is 8.74. The first-order chi connectivity index (χ1) is 20.0. The van der Waals surface area contributed by atoms with Crippen LogP contribution < -0.4 is 31.2 Å². The van der Waals surface area contributed by atoms with E-state index in [9.17, 15) is 4.79 Å². The summed E-state index contributed by atoms with van der Waals surface area (Å²) < 4.78 is 8.16. The molecular formula is C35H50BrClN2O2S. The third-order valence-electron chi connectivity index (χ3n) is 7.59. The number of nitrogens with zero attached hydrogens (tertiary/aromatic N) is 2. The van der Waals surface area contributed by atoms with E-state index in [4.69, 9.17) is 16.3 Å². The fourth-order valence-electron chi connectivity index (χ4n) is 5.17. The molecule has 1 amide bonds. The predicted molar refractivity (Wildman–Crippen MR) is 175 cm³/mol. The molecule has 232 valence electrons. The van der Waals surface area contributed by atoms with E-state index >= 15 is 0 Å². The molecular weight excluding hydrogens is 628 g/mol. The van der Waals surface area contributed by atoms with Gasteiger partial charge >= 0.3 is 0 Å². The highest BCUT2D eigenvalue weighted by atomic mass is 79.9. The summed E-state index contributed by atoms with van der Waals surface area (Å²) in [5.74, 6) is 0.783. The van der Waals surface area contributed by atoms with Gasteiger partial charge in [0, 0.05) is 24.7 Å². The highest BCUT2D eigenvalue weighted by molar-refractivity contribution is 7.09. The van der Waals surface area contributed by atoms with Crippen molar-refractivity contribution in [3.63, 3.8) is 0 Å². The summed E-state index contributed by atoms with van der Waals surface area (Å²) >= 11 is 8.30. The van der Waals surface area contributed by atoms with E-state index < -0.39 is 0 Å². The number of aromatic nitrogens is 1. The summed E-state index contributed by atoms with van der Waals surface area (Å²) in [5, 5.41) is 0.640. The second kappa shape index (κ2) is 20.9. The minimum atomic E-state index is 0. The van der Waals surface area contributed by atoms with Gasteiger partial charge in [0.1, 0.15) is 5.75 Å². The van der Waals surface area contributed by atoms with Gasteiger partial charge in [0.05, 0.1) is 16.5 Å². The first-order valence-electron chi connectivity index (χ1n) is 15.7. The summed E-state index contributed by atoms with van der Waals surface area (Å²) in [6, 6.07) is 14.3. The van der Waals surface area contributed by atoms with Crippen molar-refractivity contribution in [1.29, 1.82) is 0 Å². The molecule has 0 aliphatic carbocycles. The quantitative estimate of drug-likeness (QED) is 0.0983. The van der Waals surface area contributed by atoms with E-state index in [1.54, 1.807) is 18.3 Å². The van der Waals surface area contributed by atoms with E-state index in [2.05, 4.69) is 48.3 Å². The van der Waals surface area contributed by atoms with Crippen LogP contribution in [-0.2, 0) is 17.8 Å². The van der Waals surface area contributed by atoms with E-state index in [-0.39, 0.29) is 22.9 Å². The number of halogens is 2. The minimum absolute atomic E-state index is 0. The molecule has 1 aromatic heterocycles. The number of aryl methyl sites for hydroxylation is 1. The number of amides is 1. The summed E-state index contributed by atoms with van der Waals surface area (Å²) in [6.07, 6.45) is 18.9. The second-order valence-corrected chi connectivity index (χ2v) is 12.7. The molecule has 0 aliphatic rings. The molecule has 0 aliphatic heterocycles. The molecule has 0 N–H and O–H groups in total. The molecule has 2 aromatic carbocycles. The first-order valence-corrected chi connectivity index (χ1v) is 16.9. The predicted octanol–water partition coefficient (Wildman–Crippen LogP) is 6.73. The van der Waals surface area contributed by atoms with Crippen LogP contribution in [0.25, 0.3) is 0 Å². The lowest BCUT2D eigenvalue weighted by atomic mass is 10.1. The topological polar surface area (TPSA) is 33.4 Å². The average Bonchev–Trinajstić information content (AvgIpc) is 3.37. The molecule has 1 heterocycles. The Kier molecular flexibility index (Phi) is 18.1. The normalized spacial score (nSPS) is 10.9. The number of anilines is 1. The number of carbonyl (C=O) groups excluding carboxylic acids is 1. The number of hydrogen-bond acceptors (Lipinski definition) is 3. The molecule has 0 spiro atoms. The molecule has 42 heavy (non-hydrogen) atoms. The van der Waals surface area contributed by atoms with E-state index in [1.807, 2.05) is 29.2 Å². The Morgan fingerprint density at radius 3 is 2.02 bits per heavy atom. The minimum Gasteiger partial charge on any atom is -1.00 e. The van der Waals surface area contributed by atoms with Crippen molar-refractivity contribution in [2.75, 3.05) is 18.1 Å². The van der Waals surface area contributed by atoms with E-state index in [1.165, 1.54) is 81.1 Å². The van der Waals surface area contributed by atoms with E-state index in [0.29, 0.717) is 18.2 Å². The smallest absolute Gasteiger partial charge is 0.225 e. The van der Waals surface area contributed by atoms with Gasteiger partial charge in [-0.25, -0.2) is 0 Å². The summed E-state index contributed by atoms with van der Waals surface area (Å²) in [7, 11) is 0. The maximum atomic E-state index is 12.4. The molecule has 3 aromatic rings. The van der Waals surface area contributed by atoms with Crippen molar-refractivity contribution in [1.82, 2.24) is 0 Å². The van der Waals surface area contributed by atoms with Gasteiger partial charge in [0.2, 0.25) is 11.4 Å². The van der Waals surface area contributed by atoms with Crippen molar-refractivity contribution in [2.24, 2.45) is 0 Å². The molecule has 0 atom stereocenters. The van der Waals surface area contributed by atoms with E-state index in [0.717, 1.165) is 36.4 Å². The monoisotopic (exact) mass is 676 g/mol. The average molecular weight is 678 g/mol. The number of hydrogen-bond donors (Lipinski definition) is 0. The zero-order chi connectivity index (χ0) is 29.3. The third kappa shape index (κ3) is 13.6. The van der Waals surface area contributed by atoms with Crippen molar-refractivity contribution in [3.05, 3.63) is 75.2 Å². The highest BCUT2D eigenvalue weighted by Crippen LogP contribution is 2.27. The van der Waals surface area contributed by atoms with Gasteiger partial charge in [-0.2, -0.15) is 4.57 Å². The Balaban J connectivity index is 0.00000616. The Morgan fingerprint density at radius 1 is 0.881 bits per heavy atom. The maximum absolute atomic E-state index is 12.4. The van der Waals surface area contributed by atoms with Gasteiger partial charge < -0.3 is 26.6 Å². The summed E-state index contributed by atoms with van der Waals surface area (Å²) in [6.45, 7) is 8.15. The van der Waals surface area contributed by atoms with Crippen LogP contribution in [0.15, 0.2) is 54.2 Å². The Morgan fingerprint density at radius 2 is 1.48 bits per heavy atom. The molecule has 0 saturated carbocycles. The fourth-order valence-corrected chi connectivity index (χ4v) is 6.06. The van der Waals surface area contributed by atoms with Crippen LogP contribution in [0, 0.1) is 6.92 Å². The number of unbranched alkanes of at least 4 members (excludes halogenated alkanes) is 11. The Hall–Kier alpha value is -1.89. The molecule has 0 fully saturated rings. The molecule has 0 unspecified atom stereocenters. The van der Waals surface area contributed by atoms with Gasteiger partial charge in [-0.05, 0) is 49.6 Å². The van der Waals surface area contributed by atoms with Crippen molar-refractivity contribution in [3.8, 4) is 5.75 Å². The SMILES string of the molecule is CCCCCCCCCCCCCCOc1ccc(CCN(C(C)=O)c2ccc(C[n+]3csc(C)c3)cc2)cc1Cl.[Br-]. The number of rotatable bonds is 20. The number of thiazole rings is 1. The fraction of sp³-hybridized carbons (Fsp3) is 0.543.